The molecule has 0 saturated carbocycles. The second-order valence-electron chi connectivity index (χ2n) is 17.5. The normalized spacial score (nSPS) is 16.3. The van der Waals surface area contributed by atoms with E-state index in [-0.39, 0.29) is 47.8 Å². The number of rotatable bonds is 12. The quantitative estimate of drug-likeness (QED) is 0.143. The lowest BCUT2D eigenvalue weighted by molar-refractivity contribution is -0.142. The van der Waals surface area contributed by atoms with Crippen molar-refractivity contribution >= 4 is 34.6 Å². The number of piperidine rings is 1. The third-order valence-electron chi connectivity index (χ3n) is 10.3. The van der Waals surface area contributed by atoms with Crippen LogP contribution in [0.25, 0.3) is 10.8 Å². The minimum absolute atomic E-state index is 0.0924. The largest absolute Gasteiger partial charge is 0.444 e. The summed E-state index contributed by atoms with van der Waals surface area (Å²) in [4.78, 5) is 59.1. The number of hydrogen-bond acceptors (Lipinski definition) is 6. The Morgan fingerprint density at radius 1 is 0.732 bits per heavy atom. The zero-order valence-corrected chi connectivity index (χ0v) is 34.4. The molecule has 10 heteroatoms. The van der Waals surface area contributed by atoms with Crippen molar-refractivity contribution in [1.29, 1.82) is 0 Å². The van der Waals surface area contributed by atoms with Crippen LogP contribution in [0.1, 0.15) is 88.4 Å². The van der Waals surface area contributed by atoms with E-state index in [1.54, 1.807) is 53.1 Å². The molecule has 3 N–H and O–H groups in total. The summed E-state index contributed by atoms with van der Waals surface area (Å²) in [5.41, 5.74) is 1.85. The van der Waals surface area contributed by atoms with Gasteiger partial charge in [0.1, 0.15) is 17.7 Å². The molecule has 4 amide bonds. The van der Waals surface area contributed by atoms with Crippen molar-refractivity contribution in [3.05, 3.63) is 119 Å². The fourth-order valence-electron chi connectivity index (χ4n) is 7.98. The van der Waals surface area contributed by atoms with Gasteiger partial charge in [0.15, 0.2) is 0 Å². The summed E-state index contributed by atoms with van der Waals surface area (Å²) in [6.45, 7) is 14.1. The van der Waals surface area contributed by atoms with E-state index in [1.807, 2.05) is 78.9 Å². The van der Waals surface area contributed by atoms with E-state index < -0.39 is 23.8 Å². The van der Waals surface area contributed by atoms with Gasteiger partial charge in [-0.05, 0) is 101 Å². The van der Waals surface area contributed by atoms with Gasteiger partial charge in [0.2, 0.25) is 11.8 Å². The Hall–Kier alpha value is -5.22. The Labute approximate surface area is 332 Å². The standard InChI is InChI=1S/C46H59N5O5/c1-44(2,3)56-43(55)47-30-33-18-15-21-36(25-33)41(53)51(9)39(27-32-22-23-34-19-13-14-20-35(34)24-32)42(54)50(8)38(26-31-16-11-10-12-17-31)40(52)48-37-28-45(4,5)49-46(6,7)29-37/h10-25,37-39,49H,26-30H2,1-9H3,(H,47,55)(H,48,52)/t38-,39-/m1/s1. The molecule has 1 aliphatic rings. The van der Waals surface area contributed by atoms with E-state index in [1.165, 1.54) is 9.80 Å². The predicted molar refractivity (Wildman–Crippen MR) is 222 cm³/mol. The van der Waals surface area contributed by atoms with E-state index >= 15 is 0 Å². The average molecular weight is 762 g/mol. The van der Waals surface area contributed by atoms with Crippen molar-refractivity contribution in [3.8, 4) is 0 Å². The zero-order chi connectivity index (χ0) is 40.8. The number of benzene rings is 4. The fourth-order valence-corrected chi connectivity index (χ4v) is 7.98. The van der Waals surface area contributed by atoms with Gasteiger partial charge >= 0.3 is 6.09 Å². The van der Waals surface area contributed by atoms with Crippen LogP contribution in [0.15, 0.2) is 97.1 Å². The Kier molecular flexibility index (Phi) is 12.9. The average Bonchev–Trinajstić information content (AvgIpc) is 3.12. The number of carbonyl (C=O) groups excluding carboxylic acids is 4. The molecule has 0 radical (unpaired) electrons. The monoisotopic (exact) mass is 761 g/mol. The molecule has 298 valence electrons. The number of amides is 4. The van der Waals surface area contributed by atoms with E-state index in [0.717, 1.165) is 34.7 Å². The van der Waals surface area contributed by atoms with Crippen molar-refractivity contribution in [3.63, 3.8) is 0 Å². The van der Waals surface area contributed by atoms with Gasteiger partial charge in [-0.3, -0.25) is 14.4 Å². The molecule has 0 aliphatic carbocycles. The lowest BCUT2D eigenvalue weighted by atomic mass is 9.79. The fraction of sp³-hybridized carbons (Fsp3) is 0.435. The molecular formula is C46H59N5O5. The highest BCUT2D eigenvalue weighted by atomic mass is 16.6. The molecule has 4 aromatic rings. The predicted octanol–water partition coefficient (Wildman–Crippen LogP) is 7.04. The number of hydrogen-bond donors (Lipinski definition) is 3. The number of carbonyl (C=O) groups is 4. The van der Waals surface area contributed by atoms with Gasteiger partial charge in [-0.15, -0.1) is 0 Å². The summed E-state index contributed by atoms with van der Waals surface area (Å²) in [7, 11) is 3.30. The van der Waals surface area contributed by atoms with Gasteiger partial charge < -0.3 is 30.5 Å². The van der Waals surface area contributed by atoms with Gasteiger partial charge in [0.05, 0.1) is 0 Å². The van der Waals surface area contributed by atoms with Gasteiger partial charge in [-0.25, -0.2) is 4.79 Å². The molecular weight excluding hydrogens is 703 g/mol. The van der Waals surface area contributed by atoms with Crippen LogP contribution >= 0.6 is 0 Å². The molecule has 1 heterocycles. The van der Waals surface area contributed by atoms with Crippen LogP contribution in [0.2, 0.25) is 0 Å². The number of nitrogens with one attached hydrogen (secondary N) is 3. The van der Waals surface area contributed by atoms with E-state index in [9.17, 15) is 19.2 Å². The van der Waals surface area contributed by atoms with E-state index in [4.69, 9.17) is 4.74 Å². The number of likely N-dealkylation sites (N-methyl/N-ethyl adjacent to an activating group) is 2. The molecule has 0 aromatic heterocycles. The van der Waals surface area contributed by atoms with Crippen molar-refractivity contribution < 1.29 is 23.9 Å². The first kappa shape index (κ1) is 41.9. The highest BCUT2D eigenvalue weighted by molar-refractivity contribution is 5.98. The first-order valence-electron chi connectivity index (χ1n) is 19.5. The van der Waals surface area contributed by atoms with Gasteiger partial charge in [0, 0.05) is 56.2 Å². The van der Waals surface area contributed by atoms with Crippen LogP contribution in [0.5, 0.6) is 0 Å². The summed E-state index contributed by atoms with van der Waals surface area (Å²) in [5, 5.41) is 11.8. The molecule has 5 rings (SSSR count). The lowest BCUT2D eigenvalue weighted by Crippen LogP contribution is -2.63. The van der Waals surface area contributed by atoms with E-state index in [2.05, 4.69) is 43.6 Å². The van der Waals surface area contributed by atoms with E-state index in [0.29, 0.717) is 17.5 Å². The molecule has 1 saturated heterocycles. The SMILES string of the molecule is CN(C(=O)c1cccc(CNC(=O)OC(C)(C)C)c1)[C@H](Cc1ccc2ccccc2c1)C(=O)N(C)[C@H](Cc1ccccc1)C(=O)NC1CC(C)(C)NC(C)(C)C1. The van der Waals surface area contributed by atoms with Crippen molar-refractivity contribution in [2.45, 2.75) is 115 Å². The van der Waals surface area contributed by atoms with Crippen LogP contribution in [0.3, 0.4) is 0 Å². The molecule has 0 unspecified atom stereocenters. The van der Waals surface area contributed by atoms with Crippen molar-refractivity contribution in [1.82, 2.24) is 25.8 Å². The van der Waals surface area contributed by atoms with Crippen LogP contribution in [0, 0.1) is 0 Å². The maximum Gasteiger partial charge on any atom is 0.407 e. The molecule has 2 atom stereocenters. The van der Waals surface area contributed by atoms with Crippen LogP contribution in [-0.4, -0.2) is 82.5 Å². The Morgan fingerprint density at radius 3 is 2.00 bits per heavy atom. The molecule has 0 bridgehead atoms. The molecule has 10 nitrogen and oxygen atoms in total. The molecule has 4 aromatic carbocycles. The summed E-state index contributed by atoms with van der Waals surface area (Å²) >= 11 is 0. The molecule has 56 heavy (non-hydrogen) atoms. The minimum Gasteiger partial charge on any atom is -0.444 e. The first-order valence-corrected chi connectivity index (χ1v) is 19.5. The van der Waals surface area contributed by atoms with Gasteiger partial charge in [-0.1, -0.05) is 84.9 Å². The summed E-state index contributed by atoms with van der Waals surface area (Å²) in [5.74, 6) is -0.939. The number of ether oxygens (including phenoxy) is 1. The maximum absolute atomic E-state index is 15.0. The van der Waals surface area contributed by atoms with Crippen molar-refractivity contribution in [2.24, 2.45) is 0 Å². The second-order valence-corrected chi connectivity index (χ2v) is 17.5. The highest BCUT2D eigenvalue weighted by Crippen LogP contribution is 2.29. The Bertz CT molecular complexity index is 2010. The number of alkyl carbamates (subject to hydrolysis) is 1. The zero-order valence-electron chi connectivity index (χ0n) is 34.4. The second kappa shape index (κ2) is 17.3. The minimum atomic E-state index is -0.944. The van der Waals surface area contributed by atoms with Crippen LogP contribution in [0.4, 0.5) is 4.79 Å². The highest BCUT2D eigenvalue weighted by Gasteiger charge is 2.41. The van der Waals surface area contributed by atoms with Crippen LogP contribution < -0.4 is 16.0 Å². The summed E-state index contributed by atoms with van der Waals surface area (Å²) in [6, 6.07) is 28.9. The molecule has 0 spiro atoms. The smallest absolute Gasteiger partial charge is 0.407 e. The summed E-state index contributed by atoms with van der Waals surface area (Å²) < 4.78 is 5.37. The maximum atomic E-state index is 15.0. The van der Waals surface area contributed by atoms with Crippen LogP contribution in [-0.2, 0) is 33.7 Å². The number of nitrogens with zero attached hydrogens (tertiary/aromatic N) is 2. The third-order valence-corrected chi connectivity index (χ3v) is 10.3. The third kappa shape index (κ3) is 11.4. The Balaban J connectivity index is 1.45. The van der Waals surface area contributed by atoms with Crippen molar-refractivity contribution in [2.75, 3.05) is 14.1 Å². The number of fused-ring (bicyclic) bond motifs is 1. The lowest BCUT2D eigenvalue weighted by Gasteiger charge is -2.47. The summed E-state index contributed by atoms with van der Waals surface area (Å²) in [6.07, 6.45) is 1.46. The van der Waals surface area contributed by atoms with Gasteiger partial charge in [-0.2, -0.15) is 0 Å². The topological polar surface area (TPSA) is 120 Å². The van der Waals surface area contributed by atoms with Gasteiger partial charge in [0.25, 0.3) is 5.91 Å². The molecule has 1 fully saturated rings. The molecule has 1 aliphatic heterocycles. The first-order chi connectivity index (χ1) is 26.3. The Morgan fingerprint density at radius 2 is 1.34 bits per heavy atom.